The van der Waals surface area contributed by atoms with Gasteiger partial charge >= 0.3 is 12.1 Å². The second-order valence-corrected chi connectivity index (χ2v) is 9.25. The number of ether oxygens (including phenoxy) is 3. The Labute approximate surface area is 196 Å². The van der Waals surface area contributed by atoms with Crippen LogP contribution >= 0.6 is 0 Å². The zero-order chi connectivity index (χ0) is 24.7. The van der Waals surface area contributed by atoms with Gasteiger partial charge in [-0.05, 0) is 34.6 Å². The Hall–Kier alpha value is -3.66. The molecule has 3 heterocycles. The first kappa shape index (κ1) is 23.5. The van der Waals surface area contributed by atoms with E-state index >= 15 is 0 Å². The Morgan fingerprint density at radius 2 is 1.85 bits per heavy atom. The van der Waals surface area contributed by atoms with Crippen LogP contribution in [0.2, 0.25) is 0 Å². The average Bonchev–Trinajstić information content (AvgIpc) is 3.48. The number of methoxy groups -OCH3 is 1. The van der Waals surface area contributed by atoms with Gasteiger partial charge in [0.15, 0.2) is 17.1 Å². The number of amides is 1. The van der Waals surface area contributed by atoms with E-state index in [2.05, 4.69) is 9.97 Å². The van der Waals surface area contributed by atoms with E-state index in [4.69, 9.17) is 23.0 Å². The lowest BCUT2D eigenvalue weighted by Crippen LogP contribution is -2.47. The van der Waals surface area contributed by atoms with Crippen LogP contribution in [-0.2, 0) is 14.2 Å². The molecule has 1 atom stereocenters. The Morgan fingerprint density at radius 3 is 2.50 bits per heavy atom. The van der Waals surface area contributed by atoms with Crippen LogP contribution in [0.15, 0.2) is 45.4 Å². The molecule has 0 bridgehead atoms. The van der Waals surface area contributed by atoms with Crippen LogP contribution in [0.25, 0.3) is 22.9 Å². The third kappa shape index (κ3) is 4.54. The third-order valence-corrected chi connectivity index (χ3v) is 5.14. The van der Waals surface area contributed by atoms with Crippen LogP contribution in [0.4, 0.5) is 4.79 Å². The van der Waals surface area contributed by atoms with Gasteiger partial charge in [0.05, 0.1) is 13.7 Å². The van der Waals surface area contributed by atoms with E-state index < -0.39 is 29.4 Å². The standard InChI is InChI=1S/C24H27N3O7/c1-23(2,3)34-22(29)27-16(13-32-24(27,4)5)20-25-15(12-31-20)19-26-17(21(28)30-6)18(33-19)14-10-8-7-9-11-14/h7-12,16H,13H2,1-6H3/t16-/m1/s1. The van der Waals surface area contributed by atoms with Gasteiger partial charge in [-0.2, -0.15) is 4.98 Å². The van der Waals surface area contributed by atoms with Crippen molar-refractivity contribution < 1.29 is 32.6 Å². The van der Waals surface area contributed by atoms with Gasteiger partial charge < -0.3 is 23.0 Å². The van der Waals surface area contributed by atoms with E-state index in [1.807, 2.05) is 18.2 Å². The highest BCUT2D eigenvalue weighted by Gasteiger charge is 2.48. The Morgan fingerprint density at radius 1 is 1.15 bits per heavy atom. The molecule has 1 aliphatic heterocycles. The van der Waals surface area contributed by atoms with Gasteiger partial charge in [0.25, 0.3) is 0 Å². The number of benzene rings is 1. The van der Waals surface area contributed by atoms with Crippen molar-refractivity contribution in [3.05, 3.63) is 48.2 Å². The van der Waals surface area contributed by atoms with Gasteiger partial charge in [-0.3, -0.25) is 4.90 Å². The molecule has 1 aliphatic rings. The number of hydrogen-bond acceptors (Lipinski definition) is 9. The highest BCUT2D eigenvalue weighted by atomic mass is 16.6. The number of carbonyl (C=O) groups excluding carboxylic acids is 2. The zero-order valence-corrected chi connectivity index (χ0v) is 19.9. The number of rotatable bonds is 4. The van der Waals surface area contributed by atoms with Gasteiger partial charge in [-0.25, -0.2) is 14.6 Å². The van der Waals surface area contributed by atoms with Crippen LogP contribution in [0.5, 0.6) is 0 Å². The number of oxazole rings is 2. The van der Waals surface area contributed by atoms with E-state index in [9.17, 15) is 9.59 Å². The first-order valence-electron chi connectivity index (χ1n) is 10.8. The summed E-state index contributed by atoms with van der Waals surface area (Å²) < 4.78 is 27.8. The number of nitrogens with zero attached hydrogens (tertiary/aromatic N) is 3. The summed E-state index contributed by atoms with van der Waals surface area (Å²) in [4.78, 5) is 35.5. The van der Waals surface area contributed by atoms with E-state index in [0.29, 0.717) is 5.56 Å². The minimum Gasteiger partial charge on any atom is -0.464 e. The first-order chi connectivity index (χ1) is 16.0. The fourth-order valence-electron chi connectivity index (χ4n) is 3.63. The molecule has 4 rings (SSSR count). The molecule has 1 fully saturated rings. The molecular formula is C24H27N3O7. The average molecular weight is 469 g/mol. The molecule has 1 aromatic carbocycles. The minimum absolute atomic E-state index is 0.0222. The van der Waals surface area contributed by atoms with Crippen molar-refractivity contribution in [1.82, 2.24) is 14.9 Å². The van der Waals surface area contributed by atoms with Crippen LogP contribution < -0.4 is 0 Å². The van der Waals surface area contributed by atoms with Crippen LogP contribution in [0.1, 0.15) is 57.0 Å². The minimum atomic E-state index is -0.927. The lowest BCUT2D eigenvalue weighted by molar-refractivity contribution is -0.0634. The molecule has 0 spiro atoms. The summed E-state index contributed by atoms with van der Waals surface area (Å²) in [6.07, 6.45) is 0.811. The maximum atomic E-state index is 12.9. The molecule has 3 aromatic rings. The Kier molecular flexibility index (Phi) is 5.94. The molecule has 0 unspecified atom stereocenters. The monoisotopic (exact) mass is 469 g/mol. The molecule has 10 nitrogen and oxygen atoms in total. The van der Waals surface area contributed by atoms with Gasteiger partial charge in [-0.15, -0.1) is 0 Å². The quantitative estimate of drug-likeness (QED) is 0.495. The van der Waals surface area contributed by atoms with Crippen LogP contribution in [0.3, 0.4) is 0 Å². The topological polar surface area (TPSA) is 117 Å². The lowest BCUT2D eigenvalue weighted by atomic mass is 10.1. The van der Waals surface area contributed by atoms with E-state index in [1.165, 1.54) is 18.3 Å². The predicted octanol–water partition coefficient (Wildman–Crippen LogP) is 4.83. The van der Waals surface area contributed by atoms with Crippen LogP contribution in [0, 0.1) is 0 Å². The van der Waals surface area contributed by atoms with Gasteiger partial charge in [-0.1, -0.05) is 30.3 Å². The van der Waals surface area contributed by atoms with Crippen LogP contribution in [-0.4, -0.2) is 52.0 Å². The smallest absolute Gasteiger partial charge is 0.413 e. The highest BCUT2D eigenvalue weighted by Crippen LogP contribution is 2.39. The summed E-state index contributed by atoms with van der Waals surface area (Å²) in [6.45, 7) is 9.07. The summed E-state index contributed by atoms with van der Waals surface area (Å²) in [5.41, 5.74) is -0.668. The summed E-state index contributed by atoms with van der Waals surface area (Å²) in [5.74, 6) is -0.0749. The predicted molar refractivity (Wildman–Crippen MR) is 120 cm³/mol. The van der Waals surface area contributed by atoms with Crippen molar-refractivity contribution in [2.24, 2.45) is 0 Å². The second-order valence-electron chi connectivity index (χ2n) is 9.25. The number of hydrogen-bond donors (Lipinski definition) is 0. The summed E-state index contributed by atoms with van der Waals surface area (Å²) in [5, 5.41) is 0. The molecule has 2 aromatic heterocycles. The number of carbonyl (C=O) groups is 2. The largest absolute Gasteiger partial charge is 0.464 e. The zero-order valence-electron chi connectivity index (χ0n) is 19.9. The molecule has 0 saturated carbocycles. The molecule has 0 radical (unpaired) electrons. The lowest BCUT2D eigenvalue weighted by Gasteiger charge is -2.34. The molecule has 180 valence electrons. The molecule has 1 saturated heterocycles. The molecule has 10 heteroatoms. The molecule has 0 N–H and O–H groups in total. The van der Waals surface area contributed by atoms with Crippen molar-refractivity contribution in [3.8, 4) is 22.9 Å². The van der Waals surface area contributed by atoms with Gasteiger partial charge in [0.1, 0.15) is 23.6 Å². The molecule has 1 amide bonds. The van der Waals surface area contributed by atoms with Crippen molar-refractivity contribution in [2.45, 2.75) is 52.0 Å². The third-order valence-electron chi connectivity index (χ3n) is 5.14. The number of aromatic nitrogens is 2. The fourth-order valence-corrected chi connectivity index (χ4v) is 3.63. The maximum absolute atomic E-state index is 12.9. The molecule has 0 aliphatic carbocycles. The van der Waals surface area contributed by atoms with E-state index in [1.54, 1.807) is 46.8 Å². The van der Waals surface area contributed by atoms with Crippen molar-refractivity contribution in [2.75, 3.05) is 13.7 Å². The van der Waals surface area contributed by atoms with Crippen molar-refractivity contribution in [1.29, 1.82) is 0 Å². The van der Waals surface area contributed by atoms with E-state index in [0.717, 1.165) is 0 Å². The summed E-state index contributed by atoms with van der Waals surface area (Å²) >= 11 is 0. The van der Waals surface area contributed by atoms with Gasteiger partial charge in [0, 0.05) is 5.56 Å². The highest BCUT2D eigenvalue weighted by molar-refractivity contribution is 5.94. The second kappa shape index (κ2) is 8.60. The number of esters is 1. The maximum Gasteiger partial charge on any atom is 0.413 e. The van der Waals surface area contributed by atoms with Gasteiger partial charge in [0.2, 0.25) is 11.8 Å². The Balaban J connectivity index is 1.68. The normalized spacial score (nSPS) is 17.6. The fraction of sp³-hybridized carbons (Fsp3) is 0.417. The summed E-state index contributed by atoms with van der Waals surface area (Å²) in [6, 6.07) is 8.45. The summed E-state index contributed by atoms with van der Waals surface area (Å²) in [7, 11) is 1.27. The Bertz CT molecular complexity index is 1190. The van der Waals surface area contributed by atoms with Crippen molar-refractivity contribution in [3.63, 3.8) is 0 Å². The first-order valence-corrected chi connectivity index (χ1v) is 10.8. The SMILES string of the molecule is COC(=O)c1nc(-c2coc([C@H]3COC(C)(C)N3C(=O)OC(C)(C)C)n2)oc1-c1ccccc1. The molecular weight excluding hydrogens is 442 g/mol. The molecule has 34 heavy (non-hydrogen) atoms. The van der Waals surface area contributed by atoms with E-state index in [-0.39, 0.29) is 35.5 Å². The van der Waals surface area contributed by atoms with Crippen molar-refractivity contribution >= 4 is 12.1 Å².